The Labute approximate surface area is 163 Å². The first kappa shape index (κ1) is 24.9. The van der Waals surface area contributed by atoms with Gasteiger partial charge in [-0.05, 0) is 71.8 Å². The van der Waals surface area contributed by atoms with Crippen LogP contribution in [0.3, 0.4) is 0 Å². The molecular formula is C22H34O5. The largest absolute Gasteiger partial charge is 0.392 e. The summed E-state index contributed by atoms with van der Waals surface area (Å²) >= 11 is 0. The van der Waals surface area contributed by atoms with Crippen LogP contribution in [0, 0.1) is 0 Å². The molecule has 0 rings (SSSR count). The third-order valence-corrected chi connectivity index (χ3v) is 3.83. The highest BCUT2D eigenvalue weighted by molar-refractivity contribution is 5.82. The summed E-state index contributed by atoms with van der Waals surface area (Å²) in [7, 11) is 0. The van der Waals surface area contributed by atoms with Crippen molar-refractivity contribution < 1.29 is 24.5 Å². The second-order valence-electron chi connectivity index (χ2n) is 6.94. The lowest BCUT2D eigenvalue weighted by molar-refractivity contribution is -0.253. The molecule has 1 N–H and O–H groups in total. The minimum atomic E-state index is -0.706. The Morgan fingerprint density at radius 3 is 1.96 bits per heavy atom. The molecule has 0 aliphatic rings. The average molecular weight is 379 g/mol. The lowest BCUT2D eigenvalue weighted by atomic mass is 10.0. The van der Waals surface area contributed by atoms with Crippen LogP contribution in [0.5, 0.6) is 0 Å². The SMILES string of the molecule is CC(=O)OOC(=O)/C=C(\C)CC/C=C(/CO)CC/C=C(\C)CCC=C(C)C. The van der Waals surface area contributed by atoms with E-state index in [0.717, 1.165) is 50.2 Å². The van der Waals surface area contributed by atoms with Gasteiger partial charge >= 0.3 is 11.9 Å². The average Bonchev–Trinajstić information content (AvgIpc) is 2.58. The van der Waals surface area contributed by atoms with Crippen molar-refractivity contribution in [2.45, 2.75) is 73.1 Å². The van der Waals surface area contributed by atoms with Gasteiger partial charge in [-0.15, -0.1) is 0 Å². The topological polar surface area (TPSA) is 72.8 Å². The molecule has 0 bridgehead atoms. The molecular weight excluding hydrogens is 344 g/mol. The van der Waals surface area contributed by atoms with Crippen molar-refractivity contribution >= 4 is 11.9 Å². The third-order valence-electron chi connectivity index (χ3n) is 3.83. The quantitative estimate of drug-likeness (QED) is 0.234. The maximum atomic E-state index is 11.4. The van der Waals surface area contributed by atoms with Crippen molar-refractivity contribution in [1.29, 1.82) is 0 Å². The molecule has 0 aromatic rings. The summed E-state index contributed by atoms with van der Waals surface area (Å²) < 4.78 is 0. The van der Waals surface area contributed by atoms with Crippen LogP contribution in [-0.4, -0.2) is 23.7 Å². The Balaban J connectivity index is 4.29. The molecule has 0 unspecified atom stereocenters. The number of hydrogen-bond acceptors (Lipinski definition) is 5. The molecule has 0 radical (unpaired) electrons. The smallest absolute Gasteiger partial charge is 0.379 e. The first-order chi connectivity index (χ1) is 12.7. The summed E-state index contributed by atoms with van der Waals surface area (Å²) in [5.41, 5.74) is 4.53. The molecule has 0 atom stereocenters. The number of aliphatic hydroxyl groups is 1. The Bertz CT molecular complexity index is 590. The van der Waals surface area contributed by atoms with E-state index in [2.05, 4.69) is 42.7 Å². The first-order valence-electron chi connectivity index (χ1n) is 9.38. The van der Waals surface area contributed by atoms with E-state index in [4.69, 9.17) is 0 Å². The van der Waals surface area contributed by atoms with Gasteiger partial charge in [-0.3, -0.25) is 0 Å². The lowest BCUT2D eigenvalue weighted by Crippen LogP contribution is -2.06. The fraction of sp³-hybridized carbons (Fsp3) is 0.545. The van der Waals surface area contributed by atoms with E-state index in [9.17, 15) is 14.7 Å². The zero-order chi connectivity index (χ0) is 20.7. The van der Waals surface area contributed by atoms with Crippen LogP contribution in [0.15, 0.2) is 46.6 Å². The van der Waals surface area contributed by atoms with Crippen LogP contribution >= 0.6 is 0 Å². The summed E-state index contributed by atoms with van der Waals surface area (Å²) in [6, 6.07) is 0. The number of carbonyl (C=O) groups excluding carboxylic acids is 2. The molecule has 0 aromatic heterocycles. The Kier molecular flexibility index (Phi) is 13.8. The molecule has 0 aliphatic carbocycles. The van der Waals surface area contributed by atoms with Gasteiger partial charge in [0.25, 0.3) is 0 Å². The van der Waals surface area contributed by atoms with Crippen molar-refractivity contribution in [3.8, 4) is 0 Å². The van der Waals surface area contributed by atoms with Gasteiger partial charge < -0.3 is 5.11 Å². The first-order valence-corrected chi connectivity index (χ1v) is 9.38. The molecule has 5 nitrogen and oxygen atoms in total. The molecule has 0 aromatic carbocycles. The van der Waals surface area contributed by atoms with E-state index < -0.39 is 11.9 Å². The highest BCUT2D eigenvalue weighted by Gasteiger charge is 2.03. The number of hydrogen-bond donors (Lipinski definition) is 1. The van der Waals surface area contributed by atoms with Crippen LogP contribution in [-0.2, 0) is 19.4 Å². The van der Waals surface area contributed by atoms with Gasteiger partial charge in [0.2, 0.25) is 0 Å². The molecule has 0 spiro atoms. The van der Waals surface area contributed by atoms with Crippen molar-refractivity contribution in [3.63, 3.8) is 0 Å². The van der Waals surface area contributed by atoms with Crippen LogP contribution in [0.4, 0.5) is 0 Å². The minimum absolute atomic E-state index is 0.0436. The van der Waals surface area contributed by atoms with E-state index >= 15 is 0 Å². The van der Waals surface area contributed by atoms with Crippen LogP contribution in [0.25, 0.3) is 0 Å². The molecule has 27 heavy (non-hydrogen) atoms. The van der Waals surface area contributed by atoms with Crippen molar-refractivity contribution in [2.24, 2.45) is 0 Å². The monoisotopic (exact) mass is 378 g/mol. The van der Waals surface area contributed by atoms with Gasteiger partial charge in [-0.25, -0.2) is 19.4 Å². The van der Waals surface area contributed by atoms with E-state index in [0.29, 0.717) is 6.42 Å². The van der Waals surface area contributed by atoms with Gasteiger partial charge in [0.1, 0.15) is 0 Å². The van der Waals surface area contributed by atoms with Gasteiger partial charge in [0.05, 0.1) is 6.61 Å². The van der Waals surface area contributed by atoms with E-state index in [1.807, 2.05) is 6.08 Å². The van der Waals surface area contributed by atoms with Crippen molar-refractivity contribution in [1.82, 2.24) is 0 Å². The minimum Gasteiger partial charge on any atom is -0.392 e. The summed E-state index contributed by atoms with van der Waals surface area (Å²) in [5, 5.41) is 9.49. The van der Waals surface area contributed by atoms with E-state index in [1.165, 1.54) is 17.2 Å². The van der Waals surface area contributed by atoms with Gasteiger partial charge in [0.15, 0.2) is 0 Å². The molecule has 152 valence electrons. The Morgan fingerprint density at radius 2 is 1.37 bits per heavy atom. The fourth-order valence-electron chi connectivity index (χ4n) is 2.34. The molecule has 0 fully saturated rings. The van der Waals surface area contributed by atoms with Gasteiger partial charge in [-0.2, -0.15) is 0 Å². The lowest BCUT2D eigenvalue weighted by Gasteiger charge is -2.04. The summed E-state index contributed by atoms with van der Waals surface area (Å²) in [6.07, 6.45) is 13.1. The van der Waals surface area contributed by atoms with E-state index in [-0.39, 0.29) is 6.61 Å². The standard InChI is InChI=1S/C22H34O5/c1-17(2)9-6-10-18(3)11-7-13-21(16-23)14-8-12-19(4)15-22(25)27-26-20(5)24/h9,11,14-15,23H,6-8,10,12-13,16H2,1-5H3/b18-11+,19-15+,21-14+. The number of aliphatic hydroxyl groups excluding tert-OH is 1. The molecule has 0 saturated heterocycles. The predicted molar refractivity (Wildman–Crippen MR) is 108 cm³/mol. The zero-order valence-electron chi connectivity index (χ0n) is 17.3. The third kappa shape index (κ3) is 15.8. The highest BCUT2D eigenvalue weighted by atomic mass is 17.2. The normalized spacial score (nSPS) is 12.6. The summed E-state index contributed by atoms with van der Waals surface area (Å²) in [6.45, 7) is 9.37. The maximum Gasteiger partial charge on any atom is 0.379 e. The van der Waals surface area contributed by atoms with E-state index in [1.54, 1.807) is 6.92 Å². The maximum absolute atomic E-state index is 11.4. The van der Waals surface area contributed by atoms with Gasteiger partial charge in [-0.1, -0.05) is 34.9 Å². The number of carbonyl (C=O) groups is 2. The molecule has 0 aliphatic heterocycles. The molecule has 0 saturated carbocycles. The van der Waals surface area contributed by atoms with Crippen LogP contribution < -0.4 is 0 Å². The molecule has 5 heteroatoms. The fourth-order valence-corrected chi connectivity index (χ4v) is 2.34. The second-order valence-corrected chi connectivity index (χ2v) is 6.94. The summed E-state index contributed by atoms with van der Waals surface area (Å²) in [4.78, 5) is 30.4. The number of rotatable bonds is 11. The van der Waals surface area contributed by atoms with Crippen LogP contribution in [0.1, 0.15) is 73.1 Å². The molecule has 0 amide bonds. The number of allylic oxidation sites excluding steroid dienone is 6. The predicted octanol–water partition coefficient (Wildman–Crippen LogP) is 5.13. The molecule has 0 heterocycles. The van der Waals surface area contributed by atoms with Crippen LogP contribution in [0.2, 0.25) is 0 Å². The van der Waals surface area contributed by atoms with Crippen molar-refractivity contribution in [3.05, 3.63) is 46.6 Å². The van der Waals surface area contributed by atoms with Gasteiger partial charge in [0, 0.05) is 13.0 Å². The van der Waals surface area contributed by atoms with Crippen molar-refractivity contribution in [2.75, 3.05) is 6.61 Å². The Hall–Kier alpha value is -2.14. The second kappa shape index (κ2) is 15.0. The Morgan fingerprint density at radius 1 is 0.778 bits per heavy atom. The highest BCUT2D eigenvalue weighted by Crippen LogP contribution is 2.13. The summed E-state index contributed by atoms with van der Waals surface area (Å²) in [5.74, 6) is -1.38. The zero-order valence-corrected chi connectivity index (χ0v) is 17.3.